The Morgan fingerprint density at radius 1 is 0.861 bits per heavy atom. The highest BCUT2D eigenvalue weighted by Gasteiger charge is 2.15. The number of hydrogen-bond donors (Lipinski definition) is 0. The van der Waals surface area contributed by atoms with Gasteiger partial charge in [0.05, 0.1) is 23.2 Å². The molecule has 0 aliphatic rings. The SMILES string of the molecule is CCOC(=O)c1cc(=O)c2cccc(COc3ccc(OCc4ccc5ccccc5n4)cc3)c2o1. The predicted molar refractivity (Wildman–Crippen MR) is 135 cm³/mol. The summed E-state index contributed by atoms with van der Waals surface area (Å²) in [6, 6.07) is 25.5. The first kappa shape index (κ1) is 23.1. The Balaban J connectivity index is 1.26. The summed E-state index contributed by atoms with van der Waals surface area (Å²) in [5.41, 5.74) is 2.40. The first-order valence-corrected chi connectivity index (χ1v) is 11.5. The van der Waals surface area contributed by atoms with E-state index in [-0.39, 0.29) is 24.4 Å². The van der Waals surface area contributed by atoms with Gasteiger partial charge in [0.1, 0.15) is 30.3 Å². The van der Waals surface area contributed by atoms with Crippen molar-refractivity contribution in [3.63, 3.8) is 0 Å². The predicted octanol–water partition coefficient (Wildman–Crippen LogP) is 5.68. The number of carbonyl (C=O) groups is 1. The van der Waals surface area contributed by atoms with Gasteiger partial charge in [0.15, 0.2) is 5.43 Å². The van der Waals surface area contributed by atoms with E-state index in [0.29, 0.717) is 34.6 Å². The Kier molecular flexibility index (Phi) is 6.62. The lowest BCUT2D eigenvalue weighted by Crippen LogP contribution is -2.11. The molecule has 0 bridgehead atoms. The van der Waals surface area contributed by atoms with E-state index in [1.807, 2.05) is 48.5 Å². The van der Waals surface area contributed by atoms with Gasteiger partial charge in [0, 0.05) is 17.0 Å². The molecule has 2 aromatic heterocycles. The maximum Gasteiger partial charge on any atom is 0.374 e. The van der Waals surface area contributed by atoms with Gasteiger partial charge in [0.25, 0.3) is 0 Å². The van der Waals surface area contributed by atoms with E-state index in [0.717, 1.165) is 22.7 Å². The second-order valence-electron chi connectivity index (χ2n) is 8.03. The average Bonchev–Trinajstić information content (AvgIpc) is 2.91. The smallest absolute Gasteiger partial charge is 0.374 e. The van der Waals surface area contributed by atoms with Gasteiger partial charge in [-0.2, -0.15) is 0 Å². The number of pyridine rings is 1. The molecule has 0 unspecified atom stereocenters. The first-order valence-electron chi connectivity index (χ1n) is 11.5. The van der Waals surface area contributed by atoms with Crippen molar-refractivity contribution >= 4 is 27.8 Å². The van der Waals surface area contributed by atoms with Crippen LogP contribution in [0.15, 0.2) is 94.1 Å². The van der Waals surface area contributed by atoms with Gasteiger partial charge < -0.3 is 18.6 Å². The third-order valence-electron chi connectivity index (χ3n) is 5.57. The lowest BCUT2D eigenvalue weighted by molar-refractivity contribution is 0.0490. The molecule has 0 spiro atoms. The van der Waals surface area contributed by atoms with E-state index >= 15 is 0 Å². The Hall–Kier alpha value is -4.65. The van der Waals surface area contributed by atoms with E-state index in [1.54, 1.807) is 37.3 Å². The first-order chi connectivity index (χ1) is 17.6. The van der Waals surface area contributed by atoms with Crippen LogP contribution in [-0.4, -0.2) is 17.6 Å². The second kappa shape index (κ2) is 10.3. The molecule has 3 aromatic carbocycles. The number of para-hydroxylation sites is 2. The fourth-order valence-corrected chi connectivity index (χ4v) is 3.79. The summed E-state index contributed by atoms with van der Waals surface area (Å²) in [5.74, 6) is 0.491. The summed E-state index contributed by atoms with van der Waals surface area (Å²) < 4.78 is 22.5. The van der Waals surface area contributed by atoms with Gasteiger partial charge in [-0.3, -0.25) is 4.79 Å². The number of fused-ring (bicyclic) bond motifs is 2. The minimum atomic E-state index is -0.679. The highest BCUT2D eigenvalue weighted by Crippen LogP contribution is 2.23. The van der Waals surface area contributed by atoms with Crippen LogP contribution >= 0.6 is 0 Å². The summed E-state index contributed by atoms with van der Waals surface area (Å²) in [7, 11) is 0. The largest absolute Gasteiger partial charge is 0.489 e. The van der Waals surface area contributed by atoms with Crippen molar-refractivity contribution in [1.29, 1.82) is 0 Å². The van der Waals surface area contributed by atoms with E-state index in [2.05, 4.69) is 4.98 Å². The normalized spacial score (nSPS) is 10.9. The molecule has 0 aliphatic carbocycles. The molecule has 5 aromatic rings. The molecule has 0 N–H and O–H groups in total. The molecule has 0 saturated heterocycles. The van der Waals surface area contributed by atoms with Gasteiger partial charge in [-0.25, -0.2) is 9.78 Å². The number of carbonyl (C=O) groups excluding carboxylic acids is 1. The van der Waals surface area contributed by atoms with Crippen LogP contribution in [0.2, 0.25) is 0 Å². The van der Waals surface area contributed by atoms with E-state index < -0.39 is 5.97 Å². The number of benzene rings is 3. The minimum absolute atomic E-state index is 0.135. The van der Waals surface area contributed by atoms with Crippen LogP contribution in [0.25, 0.3) is 21.9 Å². The summed E-state index contributed by atoms with van der Waals surface area (Å²) in [6.07, 6.45) is 0. The molecule has 0 aliphatic heterocycles. The van der Waals surface area contributed by atoms with E-state index in [1.165, 1.54) is 0 Å². The number of nitrogens with zero attached hydrogens (tertiary/aromatic N) is 1. The average molecular weight is 482 g/mol. The number of rotatable bonds is 8. The molecule has 180 valence electrons. The Morgan fingerprint density at radius 2 is 1.61 bits per heavy atom. The van der Waals surface area contributed by atoms with Gasteiger partial charge in [-0.1, -0.05) is 36.4 Å². The molecule has 7 nitrogen and oxygen atoms in total. The third-order valence-corrected chi connectivity index (χ3v) is 5.57. The maximum atomic E-state index is 12.5. The zero-order chi connectivity index (χ0) is 24.9. The Morgan fingerprint density at radius 3 is 2.39 bits per heavy atom. The summed E-state index contributed by atoms with van der Waals surface area (Å²) in [4.78, 5) is 29.2. The lowest BCUT2D eigenvalue weighted by atomic mass is 10.1. The molecule has 0 amide bonds. The summed E-state index contributed by atoms with van der Waals surface area (Å²) >= 11 is 0. The van der Waals surface area contributed by atoms with Crippen LogP contribution in [0.3, 0.4) is 0 Å². The molecule has 0 fully saturated rings. The zero-order valence-corrected chi connectivity index (χ0v) is 19.6. The number of hydrogen-bond acceptors (Lipinski definition) is 7. The molecule has 5 rings (SSSR count). The van der Waals surface area contributed by atoms with Crippen molar-refractivity contribution in [2.45, 2.75) is 20.1 Å². The molecular formula is C29H23NO6. The maximum absolute atomic E-state index is 12.5. The van der Waals surface area contributed by atoms with Crippen LogP contribution in [-0.2, 0) is 18.0 Å². The Labute approximate surface area is 206 Å². The third kappa shape index (κ3) is 5.05. The van der Waals surface area contributed by atoms with Crippen molar-refractivity contribution in [3.05, 3.63) is 112 Å². The molecule has 0 radical (unpaired) electrons. The van der Waals surface area contributed by atoms with Gasteiger partial charge in [-0.15, -0.1) is 0 Å². The topological polar surface area (TPSA) is 87.9 Å². The minimum Gasteiger partial charge on any atom is -0.489 e. The highest BCUT2D eigenvalue weighted by molar-refractivity contribution is 5.89. The molecular weight excluding hydrogens is 458 g/mol. The fourth-order valence-electron chi connectivity index (χ4n) is 3.79. The van der Waals surface area contributed by atoms with Crippen LogP contribution in [0.4, 0.5) is 0 Å². The fraction of sp³-hybridized carbons (Fsp3) is 0.138. The molecule has 36 heavy (non-hydrogen) atoms. The van der Waals surface area contributed by atoms with Crippen molar-refractivity contribution in [2.24, 2.45) is 0 Å². The van der Waals surface area contributed by atoms with Crippen LogP contribution < -0.4 is 14.9 Å². The van der Waals surface area contributed by atoms with Crippen molar-refractivity contribution < 1.29 is 23.4 Å². The second-order valence-corrected chi connectivity index (χ2v) is 8.03. The molecule has 7 heteroatoms. The van der Waals surface area contributed by atoms with Gasteiger partial charge in [0.2, 0.25) is 5.76 Å². The number of esters is 1. The number of aromatic nitrogens is 1. The summed E-state index contributed by atoms with van der Waals surface area (Å²) in [6.45, 7) is 2.37. The van der Waals surface area contributed by atoms with Crippen LogP contribution in [0.1, 0.15) is 28.7 Å². The highest BCUT2D eigenvalue weighted by atomic mass is 16.5. The quantitative estimate of drug-likeness (QED) is 0.264. The number of ether oxygens (including phenoxy) is 3. The zero-order valence-electron chi connectivity index (χ0n) is 19.6. The molecule has 2 heterocycles. The lowest BCUT2D eigenvalue weighted by Gasteiger charge is -2.10. The standard InChI is InChI=1S/C29H23NO6/c1-2-33-29(32)27-16-26(31)24-8-5-7-20(28(24)36-27)17-34-22-12-14-23(15-13-22)35-18-21-11-10-19-6-3-4-9-25(19)30-21/h3-16H,2,17-18H2,1H3. The van der Waals surface area contributed by atoms with Gasteiger partial charge in [-0.05, 0) is 49.4 Å². The van der Waals surface area contributed by atoms with Gasteiger partial charge >= 0.3 is 5.97 Å². The molecule has 0 atom stereocenters. The van der Waals surface area contributed by atoms with E-state index in [9.17, 15) is 9.59 Å². The van der Waals surface area contributed by atoms with Crippen molar-refractivity contribution in [2.75, 3.05) is 6.61 Å². The van der Waals surface area contributed by atoms with Crippen molar-refractivity contribution in [3.8, 4) is 11.5 Å². The Bertz CT molecular complexity index is 1590. The molecule has 0 saturated carbocycles. The van der Waals surface area contributed by atoms with Crippen LogP contribution in [0.5, 0.6) is 11.5 Å². The van der Waals surface area contributed by atoms with Crippen molar-refractivity contribution in [1.82, 2.24) is 4.98 Å². The van der Waals surface area contributed by atoms with E-state index in [4.69, 9.17) is 18.6 Å². The monoisotopic (exact) mass is 481 g/mol. The van der Waals surface area contributed by atoms with Crippen LogP contribution in [0, 0.1) is 0 Å². The summed E-state index contributed by atoms with van der Waals surface area (Å²) in [5, 5.41) is 1.46.